The Kier molecular flexibility index (Phi) is 10.1. The van der Waals surface area contributed by atoms with E-state index in [2.05, 4.69) is 10.6 Å². The summed E-state index contributed by atoms with van der Waals surface area (Å²) < 4.78 is 5.59. The van der Waals surface area contributed by atoms with Gasteiger partial charge in [0.1, 0.15) is 0 Å². The van der Waals surface area contributed by atoms with Crippen molar-refractivity contribution >= 4 is 18.3 Å². The van der Waals surface area contributed by atoms with Gasteiger partial charge in [-0.25, -0.2) is 0 Å². The molecule has 0 bridgehead atoms. The third-order valence-electron chi connectivity index (χ3n) is 2.83. The molecule has 0 aromatic heterocycles. The molecule has 2 atom stereocenters. The van der Waals surface area contributed by atoms with E-state index in [9.17, 15) is 4.79 Å². The van der Waals surface area contributed by atoms with Crippen LogP contribution in [0.2, 0.25) is 0 Å². The first kappa shape index (κ1) is 18.9. The summed E-state index contributed by atoms with van der Waals surface area (Å²) in [6, 6.07) is 10.0. The van der Waals surface area contributed by atoms with Crippen LogP contribution < -0.4 is 10.6 Å². The molecule has 1 rings (SSSR count). The number of halogens is 1. The second-order valence-electron chi connectivity index (χ2n) is 4.87. The number of nitrogens with one attached hydrogen (secondary N) is 2. The van der Waals surface area contributed by atoms with Crippen LogP contribution >= 0.6 is 12.4 Å². The van der Waals surface area contributed by atoms with E-state index < -0.39 is 0 Å². The molecular weight excluding hydrogens is 276 g/mol. The molecule has 0 radical (unpaired) electrons. The molecule has 0 fully saturated rings. The molecule has 0 aliphatic rings. The van der Waals surface area contributed by atoms with Gasteiger partial charge in [0.15, 0.2) is 0 Å². The summed E-state index contributed by atoms with van der Waals surface area (Å²) in [6.07, 6.45) is 0. The number of ether oxygens (including phenoxy) is 1. The van der Waals surface area contributed by atoms with Crippen molar-refractivity contribution in [1.82, 2.24) is 10.6 Å². The van der Waals surface area contributed by atoms with E-state index in [0.29, 0.717) is 19.8 Å². The standard InChI is InChI=1S/C15H24N2O2.ClH/c1-12(9-16-3)15(18)17-13(2)10-19-11-14-7-5-4-6-8-14;/h4-8,12-13,16H,9-11H2,1-3H3,(H,17,18);1H. The van der Waals surface area contributed by atoms with Gasteiger partial charge >= 0.3 is 0 Å². The summed E-state index contributed by atoms with van der Waals surface area (Å²) in [5.41, 5.74) is 1.14. The van der Waals surface area contributed by atoms with Crippen LogP contribution in [0.3, 0.4) is 0 Å². The maximum absolute atomic E-state index is 11.8. The lowest BCUT2D eigenvalue weighted by Crippen LogP contribution is -2.41. The van der Waals surface area contributed by atoms with E-state index in [-0.39, 0.29) is 30.3 Å². The number of benzene rings is 1. The summed E-state index contributed by atoms with van der Waals surface area (Å²) in [5.74, 6) is 0.0340. The first-order valence-corrected chi connectivity index (χ1v) is 6.70. The van der Waals surface area contributed by atoms with Crippen molar-refractivity contribution < 1.29 is 9.53 Å². The van der Waals surface area contributed by atoms with Crippen LogP contribution in [0, 0.1) is 5.92 Å². The van der Waals surface area contributed by atoms with Gasteiger partial charge in [-0.05, 0) is 19.5 Å². The van der Waals surface area contributed by atoms with Gasteiger partial charge in [0.05, 0.1) is 13.2 Å². The average molecular weight is 301 g/mol. The first-order chi connectivity index (χ1) is 9.13. The van der Waals surface area contributed by atoms with Crippen molar-refractivity contribution in [2.75, 3.05) is 20.2 Å². The second kappa shape index (κ2) is 10.7. The van der Waals surface area contributed by atoms with Crippen molar-refractivity contribution in [1.29, 1.82) is 0 Å². The SMILES string of the molecule is CNCC(C)C(=O)NC(C)COCc1ccccc1.Cl. The van der Waals surface area contributed by atoms with Crippen LogP contribution in [0.25, 0.3) is 0 Å². The van der Waals surface area contributed by atoms with Gasteiger partial charge in [-0.3, -0.25) is 4.79 Å². The first-order valence-electron chi connectivity index (χ1n) is 6.70. The molecule has 0 aliphatic heterocycles. The topological polar surface area (TPSA) is 50.4 Å². The van der Waals surface area contributed by atoms with E-state index in [1.807, 2.05) is 51.2 Å². The molecule has 1 aromatic carbocycles. The highest BCUT2D eigenvalue weighted by atomic mass is 35.5. The molecule has 2 unspecified atom stereocenters. The van der Waals surface area contributed by atoms with Gasteiger partial charge in [-0.15, -0.1) is 12.4 Å². The van der Waals surface area contributed by atoms with Crippen molar-refractivity contribution in [3.8, 4) is 0 Å². The zero-order valence-electron chi connectivity index (χ0n) is 12.4. The quantitative estimate of drug-likeness (QED) is 0.772. The summed E-state index contributed by atoms with van der Waals surface area (Å²) in [6.45, 7) is 5.64. The van der Waals surface area contributed by atoms with Crippen LogP contribution in [0.4, 0.5) is 0 Å². The maximum atomic E-state index is 11.8. The van der Waals surface area contributed by atoms with Gasteiger partial charge in [0.2, 0.25) is 5.91 Å². The molecule has 5 heteroatoms. The zero-order valence-corrected chi connectivity index (χ0v) is 13.2. The van der Waals surface area contributed by atoms with E-state index in [0.717, 1.165) is 5.56 Å². The molecule has 0 heterocycles. The third-order valence-corrected chi connectivity index (χ3v) is 2.83. The molecular formula is C15H25ClN2O2. The Morgan fingerprint density at radius 1 is 1.25 bits per heavy atom. The third kappa shape index (κ3) is 7.48. The van der Waals surface area contributed by atoms with Crippen molar-refractivity contribution in [2.24, 2.45) is 5.92 Å². The van der Waals surface area contributed by atoms with Crippen LogP contribution in [0.15, 0.2) is 30.3 Å². The lowest BCUT2D eigenvalue weighted by molar-refractivity contribution is -0.125. The minimum atomic E-state index is -0.0263. The fraction of sp³-hybridized carbons (Fsp3) is 0.533. The molecule has 114 valence electrons. The van der Waals surface area contributed by atoms with E-state index in [1.165, 1.54) is 0 Å². The highest BCUT2D eigenvalue weighted by molar-refractivity contribution is 5.85. The number of carbonyl (C=O) groups excluding carboxylic acids is 1. The second-order valence-corrected chi connectivity index (χ2v) is 4.87. The summed E-state index contributed by atoms with van der Waals surface area (Å²) in [7, 11) is 1.84. The van der Waals surface area contributed by atoms with Crippen LogP contribution in [0.1, 0.15) is 19.4 Å². The number of hydrogen-bond donors (Lipinski definition) is 2. The van der Waals surface area contributed by atoms with Crippen molar-refractivity contribution in [2.45, 2.75) is 26.5 Å². The molecule has 2 N–H and O–H groups in total. The highest BCUT2D eigenvalue weighted by Crippen LogP contribution is 2.01. The smallest absolute Gasteiger partial charge is 0.224 e. The number of rotatable bonds is 8. The van der Waals surface area contributed by atoms with Crippen LogP contribution in [-0.4, -0.2) is 32.1 Å². The molecule has 0 saturated heterocycles. The lowest BCUT2D eigenvalue weighted by Gasteiger charge is -2.17. The number of amides is 1. The van der Waals surface area contributed by atoms with Gasteiger partial charge in [-0.1, -0.05) is 37.3 Å². The average Bonchev–Trinajstić information content (AvgIpc) is 2.40. The van der Waals surface area contributed by atoms with E-state index >= 15 is 0 Å². The summed E-state index contributed by atoms with van der Waals surface area (Å²) in [5, 5.41) is 5.94. The van der Waals surface area contributed by atoms with Gasteiger partial charge in [0, 0.05) is 18.5 Å². The Morgan fingerprint density at radius 2 is 1.90 bits per heavy atom. The van der Waals surface area contributed by atoms with E-state index in [1.54, 1.807) is 0 Å². The molecule has 0 spiro atoms. The normalized spacial score (nSPS) is 13.2. The summed E-state index contributed by atoms with van der Waals surface area (Å²) >= 11 is 0. The van der Waals surface area contributed by atoms with Crippen LogP contribution in [0.5, 0.6) is 0 Å². The largest absolute Gasteiger partial charge is 0.375 e. The van der Waals surface area contributed by atoms with Crippen molar-refractivity contribution in [3.63, 3.8) is 0 Å². The zero-order chi connectivity index (χ0) is 14.1. The highest BCUT2D eigenvalue weighted by Gasteiger charge is 2.14. The fourth-order valence-corrected chi connectivity index (χ4v) is 1.75. The predicted molar refractivity (Wildman–Crippen MR) is 84.0 cm³/mol. The predicted octanol–water partition coefficient (Wildman–Crippen LogP) is 1.99. The minimum Gasteiger partial charge on any atom is -0.375 e. The Hall–Kier alpha value is -1.10. The number of hydrogen-bond acceptors (Lipinski definition) is 3. The molecule has 0 saturated carbocycles. The molecule has 0 aliphatic carbocycles. The Bertz CT molecular complexity index is 373. The van der Waals surface area contributed by atoms with Crippen LogP contribution in [-0.2, 0) is 16.1 Å². The minimum absolute atomic E-state index is 0. The van der Waals surface area contributed by atoms with Crippen molar-refractivity contribution in [3.05, 3.63) is 35.9 Å². The Morgan fingerprint density at radius 3 is 2.50 bits per heavy atom. The monoisotopic (exact) mass is 300 g/mol. The molecule has 20 heavy (non-hydrogen) atoms. The molecule has 1 amide bonds. The van der Waals surface area contributed by atoms with E-state index in [4.69, 9.17) is 4.74 Å². The lowest BCUT2D eigenvalue weighted by atomic mass is 10.1. The Balaban J connectivity index is 0.00000361. The fourth-order valence-electron chi connectivity index (χ4n) is 1.75. The summed E-state index contributed by atoms with van der Waals surface area (Å²) in [4.78, 5) is 11.8. The molecule has 4 nitrogen and oxygen atoms in total. The van der Waals surface area contributed by atoms with Gasteiger partial charge < -0.3 is 15.4 Å². The maximum Gasteiger partial charge on any atom is 0.224 e. The Labute approximate surface area is 127 Å². The van der Waals surface area contributed by atoms with Gasteiger partial charge in [-0.2, -0.15) is 0 Å². The number of carbonyl (C=O) groups is 1. The molecule has 1 aromatic rings. The van der Waals surface area contributed by atoms with Gasteiger partial charge in [0.25, 0.3) is 0 Å².